The van der Waals surface area contributed by atoms with E-state index in [-0.39, 0.29) is 6.10 Å². The summed E-state index contributed by atoms with van der Waals surface area (Å²) < 4.78 is 16.4. The Hall–Kier alpha value is -2.64. The van der Waals surface area contributed by atoms with Gasteiger partial charge in [-0.25, -0.2) is 0 Å². The standard InChI is InChI=1S/C18H18O3/c1-4-12-21-18(14-8-6-5-7-9-14)16-11-10-15(19-2)13-17(16)20-3/h5-13,18H,1H2,2-3H3. The van der Waals surface area contributed by atoms with E-state index in [0.29, 0.717) is 5.75 Å². The fourth-order valence-electron chi connectivity index (χ4n) is 2.11. The second-order valence-electron chi connectivity index (χ2n) is 4.36. The maximum absolute atomic E-state index is 5.76. The number of hydrogen-bond donors (Lipinski definition) is 0. The van der Waals surface area contributed by atoms with Crippen molar-refractivity contribution in [1.82, 2.24) is 0 Å². The van der Waals surface area contributed by atoms with Crippen LogP contribution in [0.25, 0.3) is 0 Å². The molecule has 2 aromatic carbocycles. The van der Waals surface area contributed by atoms with Crippen molar-refractivity contribution in [3.63, 3.8) is 0 Å². The Morgan fingerprint density at radius 2 is 1.81 bits per heavy atom. The van der Waals surface area contributed by atoms with Crippen molar-refractivity contribution in [2.45, 2.75) is 6.10 Å². The molecule has 3 nitrogen and oxygen atoms in total. The molecule has 0 aliphatic rings. The van der Waals surface area contributed by atoms with Gasteiger partial charge in [-0.2, -0.15) is 0 Å². The minimum absolute atomic E-state index is 0.290. The van der Waals surface area contributed by atoms with Gasteiger partial charge in [-0.05, 0) is 17.7 Å². The average Bonchev–Trinajstić information content (AvgIpc) is 2.56. The van der Waals surface area contributed by atoms with Crippen LogP contribution in [0.2, 0.25) is 0 Å². The van der Waals surface area contributed by atoms with Crippen LogP contribution in [0.5, 0.6) is 11.5 Å². The van der Waals surface area contributed by atoms with E-state index in [9.17, 15) is 0 Å². The molecular weight excluding hydrogens is 264 g/mol. The highest BCUT2D eigenvalue weighted by Gasteiger charge is 2.19. The summed E-state index contributed by atoms with van der Waals surface area (Å²) in [6.45, 7) is 3.53. The van der Waals surface area contributed by atoms with Crippen molar-refractivity contribution in [2.24, 2.45) is 0 Å². The zero-order chi connectivity index (χ0) is 15.1. The lowest BCUT2D eigenvalue weighted by atomic mass is 10.0. The van der Waals surface area contributed by atoms with Crippen LogP contribution in [0.1, 0.15) is 17.2 Å². The van der Waals surface area contributed by atoms with E-state index < -0.39 is 0 Å². The smallest absolute Gasteiger partial charge is 0.152 e. The van der Waals surface area contributed by atoms with Gasteiger partial charge >= 0.3 is 0 Å². The van der Waals surface area contributed by atoms with Gasteiger partial charge in [-0.15, -0.1) is 0 Å². The summed E-state index contributed by atoms with van der Waals surface area (Å²) in [6, 6.07) is 15.6. The SMILES string of the molecule is C=C=COC(c1ccccc1)c1ccc(OC)cc1OC. The first kappa shape index (κ1) is 14.8. The summed E-state index contributed by atoms with van der Waals surface area (Å²) in [5, 5.41) is 0. The van der Waals surface area contributed by atoms with Gasteiger partial charge in [0.25, 0.3) is 0 Å². The van der Waals surface area contributed by atoms with Crippen LogP contribution in [-0.4, -0.2) is 14.2 Å². The summed E-state index contributed by atoms with van der Waals surface area (Å²) in [5.41, 5.74) is 4.57. The molecular formula is C18H18O3. The van der Waals surface area contributed by atoms with Crippen LogP contribution in [0, 0.1) is 0 Å². The van der Waals surface area contributed by atoms with E-state index in [0.717, 1.165) is 16.9 Å². The number of benzene rings is 2. The Balaban J connectivity index is 2.48. The molecule has 0 amide bonds. The Morgan fingerprint density at radius 1 is 1.05 bits per heavy atom. The topological polar surface area (TPSA) is 27.7 Å². The highest BCUT2D eigenvalue weighted by Crippen LogP contribution is 2.35. The van der Waals surface area contributed by atoms with E-state index in [4.69, 9.17) is 14.2 Å². The summed E-state index contributed by atoms with van der Waals surface area (Å²) >= 11 is 0. The average molecular weight is 282 g/mol. The molecule has 2 aromatic rings. The van der Waals surface area contributed by atoms with Crippen LogP contribution in [-0.2, 0) is 4.74 Å². The molecule has 0 spiro atoms. The molecule has 0 radical (unpaired) electrons. The van der Waals surface area contributed by atoms with E-state index in [1.807, 2.05) is 48.5 Å². The van der Waals surface area contributed by atoms with E-state index in [2.05, 4.69) is 12.3 Å². The van der Waals surface area contributed by atoms with Gasteiger partial charge in [0.2, 0.25) is 0 Å². The minimum Gasteiger partial charge on any atom is -0.497 e. The van der Waals surface area contributed by atoms with Crippen molar-refractivity contribution in [3.8, 4) is 11.5 Å². The molecule has 108 valence electrons. The monoisotopic (exact) mass is 282 g/mol. The molecule has 0 N–H and O–H groups in total. The van der Waals surface area contributed by atoms with Gasteiger partial charge in [-0.1, -0.05) is 42.6 Å². The fraction of sp³-hybridized carbons (Fsp3) is 0.167. The third-order valence-corrected chi connectivity index (χ3v) is 3.11. The minimum atomic E-state index is -0.290. The van der Waals surface area contributed by atoms with Gasteiger partial charge in [0, 0.05) is 11.6 Å². The van der Waals surface area contributed by atoms with E-state index >= 15 is 0 Å². The first-order chi connectivity index (χ1) is 10.3. The molecule has 0 saturated carbocycles. The van der Waals surface area contributed by atoms with Gasteiger partial charge in [0.05, 0.1) is 14.2 Å². The predicted octanol–water partition coefficient (Wildman–Crippen LogP) is 4.11. The van der Waals surface area contributed by atoms with Gasteiger partial charge < -0.3 is 14.2 Å². The third-order valence-electron chi connectivity index (χ3n) is 3.11. The zero-order valence-electron chi connectivity index (χ0n) is 12.2. The van der Waals surface area contributed by atoms with Crippen LogP contribution in [0.3, 0.4) is 0 Å². The molecule has 1 unspecified atom stereocenters. The lowest BCUT2D eigenvalue weighted by molar-refractivity contribution is 0.179. The molecule has 2 rings (SSSR count). The van der Waals surface area contributed by atoms with Gasteiger partial charge in [-0.3, -0.25) is 0 Å². The third kappa shape index (κ3) is 3.47. The maximum atomic E-state index is 5.76. The lowest BCUT2D eigenvalue weighted by Crippen LogP contribution is -2.05. The molecule has 3 heteroatoms. The van der Waals surface area contributed by atoms with Crippen molar-refractivity contribution >= 4 is 0 Å². The molecule has 1 atom stereocenters. The second-order valence-corrected chi connectivity index (χ2v) is 4.36. The van der Waals surface area contributed by atoms with Gasteiger partial charge in [0.15, 0.2) is 6.10 Å². The molecule has 0 bridgehead atoms. The quantitative estimate of drug-likeness (QED) is 0.589. The normalized spacial score (nSPS) is 11.1. The number of rotatable bonds is 6. The van der Waals surface area contributed by atoms with Gasteiger partial charge in [0.1, 0.15) is 17.8 Å². The fourth-order valence-corrected chi connectivity index (χ4v) is 2.11. The van der Waals surface area contributed by atoms with Crippen LogP contribution < -0.4 is 9.47 Å². The first-order valence-corrected chi connectivity index (χ1v) is 6.56. The number of ether oxygens (including phenoxy) is 3. The molecule has 0 saturated heterocycles. The second kappa shape index (κ2) is 7.22. The first-order valence-electron chi connectivity index (χ1n) is 6.56. The molecule has 0 aliphatic carbocycles. The summed E-state index contributed by atoms with van der Waals surface area (Å²) in [7, 11) is 3.25. The molecule has 21 heavy (non-hydrogen) atoms. The van der Waals surface area contributed by atoms with Crippen LogP contribution in [0.15, 0.2) is 67.1 Å². The molecule has 0 fully saturated rings. The van der Waals surface area contributed by atoms with Crippen molar-refractivity contribution < 1.29 is 14.2 Å². The number of methoxy groups -OCH3 is 2. The Labute approximate surface area is 125 Å². The number of hydrogen-bond acceptors (Lipinski definition) is 3. The molecule has 0 aliphatic heterocycles. The Kier molecular flexibility index (Phi) is 5.08. The Bertz CT molecular complexity index is 628. The largest absolute Gasteiger partial charge is 0.497 e. The summed E-state index contributed by atoms with van der Waals surface area (Å²) in [4.78, 5) is 0. The predicted molar refractivity (Wildman–Crippen MR) is 82.6 cm³/mol. The van der Waals surface area contributed by atoms with Crippen molar-refractivity contribution in [3.05, 3.63) is 78.2 Å². The highest BCUT2D eigenvalue weighted by atomic mass is 16.5. The highest BCUT2D eigenvalue weighted by molar-refractivity contribution is 5.45. The van der Waals surface area contributed by atoms with Crippen molar-refractivity contribution in [1.29, 1.82) is 0 Å². The summed E-state index contributed by atoms with van der Waals surface area (Å²) in [6.07, 6.45) is 1.17. The van der Waals surface area contributed by atoms with Crippen LogP contribution >= 0.6 is 0 Å². The Morgan fingerprint density at radius 3 is 2.43 bits per heavy atom. The maximum Gasteiger partial charge on any atom is 0.152 e. The van der Waals surface area contributed by atoms with E-state index in [1.54, 1.807) is 14.2 Å². The zero-order valence-corrected chi connectivity index (χ0v) is 12.2. The molecule has 0 heterocycles. The summed E-state index contributed by atoms with van der Waals surface area (Å²) in [5.74, 6) is 1.45. The molecule has 0 aromatic heterocycles. The lowest BCUT2D eigenvalue weighted by Gasteiger charge is -2.20. The van der Waals surface area contributed by atoms with Crippen molar-refractivity contribution in [2.75, 3.05) is 14.2 Å². The van der Waals surface area contributed by atoms with E-state index in [1.165, 1.54) is 6.26 Å². The van der Waals surface area contributed by atoms with Crippen LogP contribution in [0.4, 0.5) is 0 Å².